The molecule has 28 heavy (non-hydrogen) atoms. The maximum atomic E-state index is 14.5. The summed E-state index contributed by atoms with van der Waals surface area (Å²) in [6.45, 7) is 4.12. The van der Waals surface area contributed by atoms with Gasteiger partial charge in [0.05, 0.1) is 6.04 Å². The van der Waals surface area contributed by atoms with Gasteiger partial charge >= 0.3 is 0 Å². The Morgan fingerprint density at radius 1 is 1.14 bits per heavy atom. The predicted octanol–water partition coefficient (Wildman–Crippen LogP) is 4.47. The molecular formula is C21H22F2N4O. The Morgan fingerprint density at radius 2 is 1.93 bits per heavy atom. The average Bonchev–Trinajstić information content (AvgIpc) is 3.39. The highest BCUT2D eigenvalue weighted by atomic mass is 19.1. The Hall–Kier alpha value is -2.80. The standard InChI is InChI=1S/C21H22F2N4O/c1-14(21-25-20(26-28-21)15-6-4-7-16(22)12-15)24-13-17-18(23)8-5-9-19(17)27-10-2-3-11-27/h4-9,12,14,24H,2-3,10-11,13H2,1H3/t14-/m0/s1. The minimum Gasteiger partial charge on any atom is -0.371 e. The summed E-state index contributed by atoms with van der Waals surface area (Å²) in [4.78, 5) is 6.57. The van der Waals surface area contributed by atoms with Gasteiger partial charge in [-0.1, -0.05) is 23.4 Å². The third-order valence-electron chi connectivity index (χ3n) is 5.02. The fourth-order valence-electron chi connectivity index (χ4n) is 3.47. The molecule has 4 rings (SSSR count). The van der Waals surface area contributed by atoms with E-state index >= 15 is 0 Å². The van der Waals surface area contributed by atoms with Crippen molar-refractivity contribution in [3.8, 4) is 11.4 Å². The lowest BCUT2D eigenvalue weighted by atomic mass is 10.1. The number of anilines is 1. The molecule has 0 aliphatic carbocycles. The molecule has 1 aliphatic rings. The molecule has 146 valence electrons. The van der Waals surface area contributed by atoms with Crippen LogP contribution in [0.2, 0.25) is 0 Å². The van der Waals surface area contributed by atoms with Gasteiger partial charge in [-0.25, -0.2) is 8.78 Å². The smallest absolute Gasteiger partial charge is 0.243 e. The van der Waals surface area contributed by atoms with Gasteiger partial charge in [0.1, 0.15) is 11.6 Å². The first kappa shape index (κ1) is 18.6. The summed E-state index contributed by atoms with van der Waals surface area (Å²) in [5.74, 6) is 0.115. The zero-order valence-electron chi connectivity index (χ0n) is 15.7. The van der Waals surface area contributed by atoms with Gasteiger partial charge < -0.3 is 14.7 Å². The van der Waals surface area contributed by atoms with Crippen molar-refractivity contribution in [2.45, 2.75) is 32.4 Å². The predicted molar refractivity (Wildman–Crippen MR) is 103 cm³/mol. The number of nitrogens with one attached hydrogen (secondary N) is 1. The highest BCUT2D eigenvalue weighted by Gasteiger charge is 2.20. The lowest BCUT2D eigenvalue weighted by Crippen LogP contribution is -2.24. The number of aromatic nitrogens is 2. The first-order valence-corrected chi connectivity index (χ1v) is 9.47. The van der Waals surface area contributed by atoms with Gasteiger partial charge in [0.2, 0.25) is 11.7 Å². The van der Waals surface area contributed by atoms with E-state index in [2.05, 4.69) is 20.4 Å². The van der Waals surface area contributed by atoms with E-state index in [9.17, 15) is 8.78 Å². The van der Waals surface area contributed by atoms with Crippen LogP contribution in [0.3, 0.4) is 0 Å². The second-order valence-corrected chi connectivity index (χ2v) is 7.00. The van der Waals surface area contributed by atoms with Crippen LogP contribution in [-0.4, -0.2) is 23.2 Å². The maximum absolute atomic E-state index is 14.5. The molecule has 5 nitrogen and oxygen atoms in total. The third-order valence-corrected chi connectivity index (χ3v) is 5.02. The molecule has 1 aliphatic heterocycles. The zero-order chi connectivity index (χ0) is 19.5. The van der Waals surface area contributed by atoms with Crippen molar-refractivity contribution in [2.24, 2.45) is 0 Å². The van der Waals surface area contributed by atoms with E-state index in [1.807, 2.05) is 13.0 Å². The molecule has 0 saturated carbocycles. The Morgan fingerprint density at radius 3 is 2.71 bits per heavy atom. The average molecular weight is 384 g/mol. The van der Waals surface area contributed by atoms with Crippen molar-refractivity contribution in [3.63, 3.8) is 0 Å². The van der Waals surface area contributed by atoms with Gasteiger partial charge in [-0.05, 0) is 44.0 Å². The quantitative estimate of drug-likeness (QED) is 0.680. The molecule has 3 aromatic rings. The lowest BCUT2D eigenvalue weighted by molar-refractivity contribution is 0.338. The van der Waals surface area contributed by atoms with E-state index in [1.54, 1.807) is 18.2 Å². The molecule has 1 aromatic heterocycles. The van der Waals surface area contributed by atoms with Crippen LogP contribution < -0.4 is 10.2 Å². The molecule has 0 bridgehead atoms. The normalized spacial score (nSPS) is 15.2. The summed E-state index contributed by atoms with van der Waals surface area (Å²) in [7, 11) is 0. The van der Waals surface area contributed by atoms with Crippen molar-refractivity contribution in [3.05, 3.63) is 65.6 Å². The van der Waals surface area contributed by atoms with Crippen LogP contribution in [0.4, 0.5) is 14.5 Å². The fourth-order valence-corrected chi connectivity index (χ4v) is 3.47. The second-order valence-electron chi connectivity index (χ2n) is 7.00. The van der Waals surface area contributed by atoms with Gasteiger partial charge in [0.15, 0.2) is 0 Å². The van der Waals surface area contributed by atoms with Gasteiger partial charge in [-0.15, -0.1) is 0 Å². The summed E-state index contributed by atoms with van der Waals surface area (Å²) in [6, 6.07) is 11.0. The van der Waals surface area contributed by atoms with Crippen LogP contribution >= 0.6 is 0 Å². The summed E-state index contributed by atoms with van der Waals surface area (Å²) >= 11 is 0. The summed E-state index contributed by atoms with van der Waals surface area (Å²) in [5, 5.41) is 7.19. The summed E-state index contributed by atoms with van der Waals surface area (Å²) < 4.78 is 33.2. The first-order chi connectivity index (χ1) is 13.6. The van der Waals surface area contributed by atoms with Crippen LogP contribution in [0.1, 0.15) is 37.3 Å². The molecule has 1 atom stereocenters. The zero-order valence-corrected chi connectivity index (χ0v) is 15.7. The SMILES string of the molecule is C[C@H](NCc1c(F)cccc1N1CCCC1)c1nc(-c2cccc(F)c2)no1. The second kappa shape index (κ2) is 8.06. The number of hydrogen-bond donors (Lipinski definition) is 1. The number of hydrogen-bond acceptors (Lipinski definition) is 5. The van der Waals surface area contributed by atoms with E-state index in [0.717, 1.165) is 31.6 Å². The maximum Gasteiger partial charge on any atom is 0.243 e. The van der Waals surface area contributed by atoms with Gasteiger partial charge in [0.25, 0.3) is 0 Å². The summed E-state index contributed by atoms with van der Waals surface area (Å²) in [6.07, 6.45) is 2.26. The van der Waals surface area contributed by atoms with Gasteiger partial charge in [-0.2, -0.15) is 4.98 Å². The molecule has 0 spiro atoms. The number of nitrogens with zero attached hydrogens (tertiary/aromatic N) is 3. The molecule has 2 aromatic carbocycles. The fraction of sp³-hybridized carbons (Fsp3) is 0.333. The van der Waals surface area contributed by atoms with Gasteiger partial charge in [-0.3, -0.25) is 0 Å². The minimum atomic E-state index is -0.357. The van der Waals surface area contributed by atoms with Crippen LogP contribution in [0.25, 0.3) is 11.4 Å². The van der Waals surface area contributed by atoms with E-state index < -0.39 is 0 Å². The lowest BCUT2D eigenvalue weighted by Gasteiger charge is -2.22. The minimum absolute atomic E-state index is 0.227. The molecule has 7 heteroatoms. The largest absolute Gasteiger partial charge is 0.371 e. The van der Waals surface area contributed by atoms with E-state index in [0.29, 0.717) is 29.4 Å². The van der Waals surface area contributed by atoms with E-state index in [4.69, 9.17) is 4.52 Å². The Bertz CT molecular complexity index is 953. The molecular weight excluding hydrogens is 362 g/mol. The Labute approximate surface area is 162 Å². The number of rotatable bonds is 6. The van der Waals surface area contributed by atoms with E-state index in [1.165, 1.54) is 18.2 Å². The van der Waals surface area contributed by atoms with E-state index in [-0.39, 0.29) is 17.7 Å². The topological polar surface area (TPSA) is 54.2 Å². The molecule has 1 fully saturated rings. The molecule has 0 unspecified atom stereocenters. The Balaban J connectivity index is 1.47. The third kappa shape index (κ3) is 3.89. The molecule has 0 amide bonds. The molecule has 1 N–H and O–H groups in total. The van der Waals surface area contributed by atoms with Crippen molar-refractivity contribution in [1.29, 1.82) is 0 Å². The van der Waals surface area contributed by atoms with Crippen molar-refractivity contribution in [2.75, 3.05) is 18.0 Å². The highest BCUT2D eigenvalue weighted by Crippen LogP contribution is 2.27. The highest BCUT2D eigenvalue weighted by molar-refractivity contribution is 5.55. The molecule has 2 heterocycles. The van der Waals surface area contributed by atoms with Crippen molar-refractivity contribution >= 4 is 5.69 Å². The van der Waals surface area contributed by atoms with Crippen molar-refractivity contribution in [1.82, 2.24) is 15.5 Å². The van der Waals surface area contributed by atoms with Crippen LogP contribution in [0, 0.1) is 11.6 Å². The summed E-state index contributed by atoms with van der Waals surface area (Å²) in [5.41, 5.74) is 2.12. The van der Waals surface area contributed by atoms with Crippen LogP contribution in [0.5, 0.6) is 0 Å². The van der Waals surface area contributed by atoms with Crippen molar-refractivity contribution < 1.29 is 13.3 Å². The van der Waals surface area contributed by atoms with Crippen LogP contribution in [0.15, 0.2) is 47.0 Å². The van der Waals surface area contributed by atoms with Crippen LogP contribution in [-0.2, 0) is 6.54 Å². The monoisotopic (exact) mass is 384 g/mol. The molecule has 0 radical (unpaired) electrons. The molecule has 1 saturated heterocycles. The van der Waals surface area contributed by atoms with Gasteiger partial charge in [0, 0.05) is 36.4 Å². The number of halogens is 2. The first-order valence-electron chi connectivity index (χ1n) is 9.47. The Kier molecular flexibility index (Phi) is 5.34. The number of benzene rings is 2.